The molecule has 0 spiro atoms. The summed E-state index contributed by atoms with van der Waals surface area (Å²) in [7, 11) is 4.01. The Kier molecular flexibility index (Phi) is 5.99. The van der Waals surface area contributed by atoms with E-state index in [4.69, 9.17) is 17.0 Å². The highest BCUT2D eigenvalue weighted by Crippen LogP contribution is 2.13. The van der Waals surface area contributed by atoms with Gasteiger partial charge in [-0.3, -0.25) is 4.79 Å². The third-order valence-electron chi connectivity index (χ3n) is 3.02. The predicted octanol–water partition coefficient (Wildman–Crippen LogP) is 2.57. The van der Waals surface area contributed by atoms with Gasteiger partial charge in [0.25, 0.3) is 0 Å². The second-order valence-corrected chi connectivity index (χ2v) is 5.02. The van der Waals surface area contributed by atoms with Crippen molar-refractivity contribution in [2.24, 2.45) is 0 Å². The van der Waals surface area contributed by atoms with Crippen LogP contribution in [0, 0.1) is 5.41 Å². The van der Waals surface area contributed by atoms with Crippen molar-refractivity contribution in [1.29, 1.82) is 5.41 Å². The molecule has 0 saturated heterocycles. The first-order chi connectivity index (χ1) is 8.93. The van der Waals surface area contributed by atoms with E-state index >= 15 is 0 Å². The lowest BCUT2D eigenvalue weighted by Crippen LogP contribution is -2.27. The van der Waals surface area contributed by atoms with Crippen molar-refractivity contribution in [1.82, 2.24) is 4.90 Å². The number of rotatable bonds is 6. The monoisotopic (exact) mass is 281 g/mol. The lowest BCUT2D eigenvalue weighted by Gasteiger charge is -2.20. The van der Waals surface area contributed by atoms with Gasteiger partial charge in [0, 0.05) is 23.9 Å². The zero-order valence-electron chi connectivity index (χ0n) is 11.5. The van der Waals surface area contributed by atoms with Gasteiger partial charge >= 0.3 is 0 Å². The van der Waals surface area contributed by atoms with Gasteiger partial charge in [-0.25, -0.2) is 0 Å². The molecular formula is C14H20ClN3O. The van der Waals surface area contributed by atoms with Gasteiger partial charge in [0.15, 0.2) is 0 Å². The molecule has 1 rings (SSSR count). The number of benzene rings is 1. The number of hydrogen-bond donors (Lipinski definition) is 2. The summed E-state index contributed by atoms with van der Waals surface area (Å²) in [6, 6.07) is 7.58. The van der Waals surface area contributed by atoms with Crippen LogP contribution in [0.25, 0.3) is 0 Å². The SMILES string of the molecule is CC(CC(=N)c1ccc(NC(=O)CCl)cc1)N(C)C. The molecule has 104 valence electrons. The Morgan fingerprint density at radius 2 is 1.95 bits per heavy atom. The van der Waals surface area contributed by atoms with E-state index in [2.05, 4.69) is 17.1 Å². The average molecular weight is 282 g/mol. The van der Waals surface area contributed by atoms with Crippen LogP contribution in [0.3, 0.4) is 0 Å². The standard InChI is InChI=1S/C14H20ClN3O/c1-10(18(2)3)8-13(16)11-4-6-12(7-5-11)17-14(19)9-15/h4-7,10,16H,8-9H2,1-3H3,(H,17,19). The molecule has 0 aliphatic rings. The third-order valence-corrected chi connectivity index (χ3v) is 3.26. The number of hydrogen-bond acceptors (Lipinski definition) is 3. The molecule has 1 aromatic rings. The van der Waals surface area contributed by atoms with Crippen molar-refractivity contribution in [3.05, 3.63) is 29.8 Å². The van der Waals surface area contributed by atoms with Crippen LogP contribution in [0.1, 0.15) is 18.9 Å². The Balaban J connectivity index is 2.65. The largest absolute Gasteiger partial charge is 0.325 e. The molecule has 0 aliphatic heterocycles. The Morgan fingerprint density at radius 1 is 1.37 bits per heavy atom. The first-order valence-corrected chi connectivity index (χ1v) is 6.67. The second-order valence-electron chi connectivity index (χ2n) is 4.75. The molecule has 0 bridgehead atoms. The lowest BCUT2D eigenvalue weighted by atomic mass is 10.0. The second kappa shape index (κ2) is 7.26. The zero-order chi connectivity index (χ0) is 14.4. The van der Waals surface area contributed by atoms with Gasteiger partial charge < -0.3 is 15.6 Å². The van der Waals surface area contributed by atoms with Crippen LogP contribution in [0.5, 0.6) is 0 Å². The van der Waals surface area contributed by atoms with Crippen LogP contribution in [0.2, 0.25) is 0 Å². The molecule has 4 nitrogen and oxygen atoms in total. The summed E-state index contributed by atoms with van der Waals surface area (Å²) < 4.78 is 0. The molecule has 0 aliphatic carbocycles. The maximum atomic E-state index is 11.1. The van der Waals surface area contributed by atoms with Crippen molar-refractivity contribution in [2.45, 2.75) is 19.4 Å². The van der Waals surface area contributed by atoms with E-state index in [-0.39, 0.29) is 11.8 Å². The summed E-state index contributed by atoms with van der Waals surface area (Å²) in [6.07, 6.45) is 0.695. The number of anilines is 1. The highest BCUT2D eigenvalue weighted by molar-refractivity contribution is 6.29. The molecule has 0 heterocycles. The minimum Gasteiger partial charge on any atom is -0.325 e. The van der Waals surface area contributed by atoms with E-state index < -0.39 is 0 Å². The fraction of sp³-hybridized carbons (Fsp3) is 0.429. The molecule has 19 heavy (non-hydrogen) atoms. The maximum Gasteiger partial charge on any atom is 0.239 e. The summed E-state index contributed by atoms with van der Waals surface area (Å²) in [5.41, 5.74) is 2.16. The predicted molar refractivity (Wildman–Crippen MR) is 80.4 cm³/mol. The van der Waals surface area contributed by atoms with Crippen molar-refractivity contribution < 1.29 is 4.79 Å². The lowest BCUT2D eigenvalue weighted by molar-refractivity contribution is -0.113. The first kappa shape index (κ1) is 15.7. The van der Waals surface area contributed by atoms with Crippen LogP contribution < -0.4 is 5.32 Å². The van der Waals surface area contributed by atoms with E-state index in [1.807, 2.05) is 26.2 Å². The molecule has 1 aromatic carbocycles. The Morgan fingerprint density at radius 3 is 2.42 bits per heavy atom. The number of amides is 1. The quantitative estimate of drug-likeness (QED) is 0.622. The molecular weight excluding hydrogens is 262 g/mol. The highest BCUT2D eigenvalue weighted by Gasteiger charge is 2.10. The summed E-state index contributed by atoms with van der Waals surface area (Å²) >= 11 is 5.42. The molecule has 0 fully saturated rings. The smallest absolute Gasteiger partial charge is 0.239 e. The van der Waals surface area contributed by atoms with E-state index in [0.29, 0.717) is 23.9 Å². The van der Waals surface area contributed by atoms with Gasteiger partial charge in [-0.15, -0.1) is 11.6 Å². The van der Waals surface area contributed by atoms with Crippen LogP contribution in [-0.4, -0.2) is 42.5 Å². The van der Waals surface area contributed by atoms with Gasteiger partial charge in [0.1, 0.15) is 5.88 Å². The van der Waals surface area contributed by atoms with Crippen molar-refractivity contribution >= 4 is 28.9 Å². The van der Waals surface area contributed by atoms with Crippen LogP contribution in [0.15, 0.2) is 24.3 Å². The van der Waals surface area contributed by atoms with E-state index in [1.54, 1.807) is 12.1 Å². The molecule has 0 saturated carbocycles. The summed E-state index contributed by atoms with van der Waals surface area (Å²) in [5.74, 6) is -0.288. The van der Waals surface area contributed by atoms with Crippen LogP contribution in [0.4, 0.5) is 5.69 Å². The molecule has 0 aromatic heterocycles. The normalized spacial score (nSPS) is 12.3. The van der Waals surface area contributed by atoms with Crippen LogP contribution >= 0.6 is 11.6 Å². The zero-order valence-corrected chi connectivity index (χ0v) is 12.3. The molecule has 0 radical (unpaired) electrons. The molecule has 1 atom stereocenters. The Bertz CT molecular complexity index is 443. The van der Waals surface area contributed by atoms with Gasteiger partial charge in [-0.2, -0.15) is 0 Å². The minimum absolute atomic E-state index is 0.0576. The minimum atomic E-state index is -0.231. The molecule has 1 unspecified atom stereocenters. The number of alkyl halides is 1. The summed E-state index contributed by atoms with van der Waals surface area (Å²) in [4.78, 5) is 13.2. The fourth-order valence-electron chi connectivity index (χ4n) is 1.54. The number of nitrogens with one attached hydrogen (secondary N) is 2. The maximum absolute atomic E-state index is 11.1. The first-order valence-electron chi connectivity index (χ1n) is 6.14. The molecule has 1 amide bonds. The Labute approximate surface area is 119 Å². The number of halogens is 1. The van der Waals surface area contributed by atoms with Gasteiger partial charge in [0.05, 0.1) is 0 Å². The third kappa shape index (κ3) is 5.01. The number of nitrogens with zero attached hydrogens (tertiary/aromatic N) is 1. The average Bonchev–Trinajstić information content (AvgIpc) is 2.39. The topological polar surface area (TPSA) is 56.2 Å². The fourth-order valence-corrected chi connectivity index (χ4v) is 1.61. The van der Waals surface area contributed by atoms with Crippen LogP contribution in [-0.2, 0) is 4.79 Å². The molecule has 5 heteroatoms. The van der Waals surface area contributed by atoms with Crippen molar-refractivity contribution in [2.75, 3.05) is 25.3 Å². The van der Waals surface area contributed by atoms with Crippen molar-refractivity contribution in [3.8, 4) is 0 Å². The van der Waals surface area contributed by atoms with E-state index in [9.17, 15) is 4.79 Å². The van der Waals surface area contributed by atoms with E-state index in [0.717, 1.165) is 5.56 Å². The summed E-state index contributed by atoms with van der Waals surface area (Å²) in [5, 5.41) is 10.7. The molecule has 2 N–H and O–H groups in total. The van der Waals surface area contributed by atoms with Gasteiger partial charge in [0.2, 0.25) is 5.91 Å². The van der Waals surface area contributed by atoms with Gasteiger partial charge in [-0.1, -0.05) is 12.1 Å². The van der Waals surface area contributed by atoms with Gasteiger partial charge in [-0.05, 0) is 38.7 Å². The number of carbonyl (C=O) groups excluding carboxylic acids is 1. The summed E-state index contributed by atoms with van der Waals surface area (Å²) in [6.45, 7) is 2.09. The highest BCUT2D eigenvalue weighted by atomic mass is 35.5. The Hall–Kier alpha value is -1.39. The number of carbonyl (C=O) groups is 1. The van der Waals surface area contributed by atoms with Crippen molar-refractivity contribution in [3.63, 3.8) is 0 Å². The van der Waals surface area contributed by atoms with E-state index in [1.165, 1.54) is 0 Å².